The third kappa shape index (κ3) is 4.11. The van der Waals surface area contributed by atoms with Crippen LogP contribution in [-0.4, -0.2) is 18.4 Å². The van der Waals surface area contributed by atoms with Crippen molar-refractivity contribution in [2.45, 2.75) is 52.4 Å². The number of para-hydroxylation sites is 1. The van der Waals surface area contributed by atoms with Gasteiger partial charge in [-0.05, 0) is 47.6 Å². The second-order valence-corrected chi connectivity index (χ2v) is 8.07. The van der Waals surface area contributed by atoms with E-state index in [2.05, 4.69) is 27.7 Å². The molecule has 2 aromatic carbocycles. The average molecular weight is 380 g/mol. The number of benzene rings is 2. The Morgan fingerprint density at radius 3 is 2.43 bits per heavy atom. The quantitative estimate of drug-likeness (QED) is 0.530. The molecule has 0 unspecified atom stereocenters. The van der Waals surface area contributed by atoms with Gasteiger partial charge in [0, 0.05) is 18.7 Å². The molecule has 4 nitrogen and oxygen atoms in total. The Balaban J connectivity index is 1.68. The van der Waals surface area contributed by atoms with Gasteiger partial charge in [-0.1, -0.05) is 58.0 Å². The SMILES string of the molecule is CCc1ccccc1N1C[C@@H](C(=O)Oc2ccc(C(C)(C)CC)cc2)CC1=O. The molecule has 0 aliphatic carbocycles. The molecule has 1 heterocycles. The van der Waals surface area contributed by atoms with Crippen LogP contribution in [0.15, 0.2) is 48.5 Å². The van der Waals surface area contributed by atoms with Crippen molar-refractivity contribution < 1.29 is 14.3 Å². The van der Waals surface area contributed by atoms with Crippen LogP contribution < -0.4 is 9.64 Å². The van der Waals surface area contributed by atoms with Gasteiger partial charge in [-0.2, -0.15) is 0 Å². The van der Waals surface area contributed by atoms with Gasteiger partial charge in [0.25, 0.3) is 0 Å². The van der Waals surface area contributed by atoms with Crippen molar-refractivity contribution in [1.29, 1.82) is 0 Å². The summed E-state index contributed by atoms with van der Waals surface area (Å²) in [6.45, 7) is 8.99. The Morgan fingerprint density at radius 2 is 1.79 bits per heavy atom. The second kappa shape index (κ2) is 8.17. The Labute approximate surface area is 167 Å². The topological polar surface area (TPSA) is 46.6 Å². The number of esters is 1. The van der Waals surface area contributed by atoms with Gasteiger partial charge in [0.05, 0.1) is 5.92 Å². The van der Waals surface area contributed by atoms with Crippen molar-refractivity contribution >= 4 is 17.6 Å². The fourth-order valence-electron chi connectivity index (χ4n) is 3.55. The minimum atomic E-state index is -0.441. The molecule has 1 aliphatic heterocycles. The summed E-state index contributed by atoms with van der Waals surface area (Å²) < 4.78 is 5.57. The number of nitrogens with zero attached hydrogens (tertiary/aromatic N) is 1. The van der Waals surface area contributed by atoms with E-state index in [1.807, 2.05) is 48.5 Å². The molecule has 4 heteroatoms. The minimum absolute atomic E-state index is 0.0251. The van der Waals surface area contributed by atoms with Crippen LogP contribution in [0, 0.1) is 5.92 Å². The average Bonchev–Trinajstić information content (AvgIpc) is 3.10. The number of amides is 1. The van der Waals surface area contributed by atoms with E-state index in [-0.39, 0.29) is 23.7 Å². The molecular formula is C24H29NO3. The van der Waals surface area contributed by atoms with E-state index in [1.165, 1.54) is 5.56 Å². The van der Waals surface area contributed by atoms with Crippen molar-refractivity contribution in [3.8, 4) is 5.75 Å². The lowest BCUT2D eigenvalue weighted by Crippen LogP contribution is -2.28. The first-order valence-electron chi connectivity index (χ1n) is 10.1. The van der Waals surface area contributed by atoms with Crippen molar-refractivity contribution in [1.82, 2.24) is 0 Å². The molecule has 1 amide bonds. The molecule has 0 radical (unpaired) electrons. The summed E-state index contributed by atoms with van der Waals surface area (Å²) in [6, 6.07) is 15.6. The van der Waals surface area contributed by atoms with Gasteiger partial charge in [0.1, 0.15) is 5.75 Å². The first-order chi connectivity index (χ1) is 13.4. The highest BCUT2D eigenvalue weighted by atomic mass is 16.5. The van der Waals surface area contributed by atoms with E-state index in [0.29, 0.717) is 12.3 Å². The van der Waals surface area contributed by atoms with Crippen LogP contribution in [0.5, 0.6) is 5.75 Å². The maximum Gasteiger partial charge on any atom is 0.316 e. The van der Waals surface area contributed by atoms with E-state index in [4.69, 9.17) is 4.74 Å². The number of rotatable bonds is 6. The lowest BCUT2D eigenvalue weighted by molar-refractivity contribution is -0.139. The van der Waals surface area contributed by atoms with Gasteiger partial charge in [0.2, 0.25) is 5.91 Å². The molecule has 0 saturated carbocycles. The summed E-state index contributed by atoms with van der Waals surface area (Å²) in [7, 11) is 0. The fraction of sp³-hybridized carbons (Fsp3) is 0.417. The molecule has 3 rings (SSSR count). The highest BCUT2D eigenvalue weighted by Gasteiger charge is 2.37. The number of ether oxygens (including phenoxy) is 1. The third-order valence-corrected chi connectivity index (χ3v) is 5.86. The van der Waals surface area contributed by atoms with Crippen molar-refractivity contribution in [2.75, 3.05) is 11.4 Å². The van der Waals surface area contributed by atoms with E-state index in [1.54, 1.807) is 4.90 Å². The van der Waals surface area contributed by atoms with Gasteiger partial charge >= 0.3 is 5.97 Å². The van der Waals surface area contributed by atoms with Crippen LogP contribution in [-0.2, 0) is 21.4 Å². The molecule has 1 aliphatic rings. The molecule has 0 N–H and O–H groups in total. The summed E-state index contributed by atoms with van der Waals surface area (Å²) in [5.41, 5.74) is 3.32. The van der Waals surface area contributed by atoms with Gasteiger partial charge in [-0.15, -0.1) is 0 Å². The normalized spacial score (nSPS) is 17.1. The van der Waals surface area contributed by atoms with Gasteiger partial charge < -0.3 is 9.64 Å². The molecule has 0 bridgehead atoms. The molecule has 1 fully saturated rings. The summed E-state index contributed by atoms with van der Waals surface area (Å²) >= 11 is 0. The molecule has 1 atom stereocenters. The van der Waals surface area contributed by atoms with Gasteiger partial charge in [0.15, 0.2) is 0 Å². The highest BCUT2D eigenvalue weighted by Crippen LogP contribution is 2.31. The highest BCUT2D eigenvalue weighted by molar-refractivity contribution is 6.00. The number of carbonyl (C=O) groups is 2. The zero-order valence-corrected chi connectivity index (χ0v) is 17.2. The maximum atomic E-state index is 12.6. The van der Waals surface area contributed by atoms with Crippen LogP contribution in [0.2, 0.25) is 0 Å². The van der Waals surface area contributed by atoms with Crippen LogP contribution in [0.25, 0.3) is 0 Å². The summed E-state index contributed by atoms with van der Waals surface area (Å²) in [5, 5.41) is 0. The zero-order valence-electron chi connectivity index (χ0n) is 17.2. The Hall–Kier alpha value is -2.62. The predicted octanol–water partition coefficient (Wildman–Crippen LogP) is 4.90. The van der Waals surface area contributed by atoms with E-state index in [9.17, 15) is 9.59 Å². The first kappa shape index (κ1) is 20.1. The molecule has 0 aromatic heterocycles. The number of hydrogen-bond acceptors (Lipinski definition) is 3. The van der Waals surface area contributed by atoms with Crippen molar-refractivity contribution in [2.24, 2.45) is 5.92 Å². The number of anilines is 1. The van der Waals surface area contributed by atoms with Crippen LogP contribution >= 0.6 is 0 Å². The predicted molar refractivity (Wildman–Crippen MR) is 112 cm³/mol. The van der Waals surface area contributed by atoms with Crippen molar-refractivity contribution in [3.05, 3.63) is 59.7 Å². The van der Waals surface area contributed by atoms with Crippen LogP contribution in [0.4, 0.5) is 5.69 Å². The number of hydrogen-bond donors (Lipinski definition) is 0. The summed E-state index contributed by atoms with van der Waals surface area (Å²) in [4.78, 5) is 26.9. The maximum absolute atomic E-state index is 12.6. The second-order valence-electron chi connectivity index (χ2n) is 8.07. The van der Waals surface area contributed by atoms with Crippen LogP contribution in [0.1, 0.15) is 51.7 Å². The van der Waals surface area contributed by atoms with E-state index in [0.717, 1.165) is 24.1 Å². The molecule has 0 spiro atoms. The Morgan fingerprint density at radius 1 is 1.11 bits per heavy atom. The largest absolute Gasteiger partial charge is 0.426 e. The zero-order chi connectivity index (χ0) is 20.3. The summed E-state index contributed by atoms with van der Waals surface area (Å²) in [5.74, 6) is -0.278. The Bertz CT molecular complexity index is 854. The van der Waals surface area contributed by atoms with Gasteiger partial charge in [-0.25, -0.2) is 0 Å². The standard InChI is InChI=1S/C24H29NO3/c1-5-17-9-7-8-10-21(17)25-16-18(15-22(25)26)23(27)28-20-13-11-19(12-14-20)24(3,4)6-2/h7-14,18H,5-6,15-16H2,1-4H3/t18-/m0/s1. The lowest BCUT2D eigenvalue weighted by atomic mass is 9.82. The first-order valence-corrected chi connectivity index (χ1v) is 10.1. The van der Waals surface area contributed by atoms with E-state index < -0.39 is 5.92 Å². The molecule has 28 heavy (non-hydrogen) atoms. The van der Waals surface area contributed by atoms with Gasteiger partial charge in [-0.3, -0.25) is 9.59 Å². The monoisotopic (exact) mass is 379 g/mol. The molecule has 2 aromatic rings. The molecule has 148 valence electrons. The minimum Gasteiger partial charge on any atom is -0.426 e. The number of aryl methyl sites for hydroxylation is 1. The number of carbonyl (C=O) groups excluding carboxylic acids is 2. The third-order valence-electron chi connectivity index (χ3n) is 5.86. The Kier molecular flexibility index (Phi) is 5.87. The smallest absolute Gasteiger partial charge is 0.316 e. The lowest BCUT2D eigenvalue weighted by Gasteiger charge is -2.23. The molecular weight excluding hydrogens is 350 g/mol. The van der Waals surface area contributed by atoms with E-state index >= 15 is 0 Å². The van der Waals surface area contributed by atoms with Crippen LogP contribution in [0.3, 0.4) is 0 Å². The molecule has 1 saturated heterocycles. The summed E-state index contributed by atoms with van der Waals surface area (Å²) in [6.07, 6.45) is 2.07. The van der Waals surface area contributed by atoms with Crippen molar-refractivity contribution in [3.63, 3.8) is 0 Å². The fourth-order valence-corrected chi connectivity index (χ4v) is 3.55.